The van der Waals surface area contributed by atoms with Gasteiger partial charge < -0.3 is 0 Å². The summed E-state index contributed by atoms with van der Waals surface area (Å²) in [5.41, 5.74) is 6.06. The Morgan fingerprint density at radius 2 is 1.10 bits per heavy atom. The lowest BCUT2D eigenvalue weighted by atomic mass is 9.78. The SMILES string of the molecule is c1ccc2cccccc3c-2c(cc1)C1CCCCC31. The zero-order chi connectivity index (χ0) is 13.4. The van der Waals surface area contributed by atoms with Crippen molar-refractivity contribution in [3.63, 3.8) is 0 Å². The Balaban J connectivity index is 2.07. The van der Waals surface area contributed by atoms with Crippen molar-refractivity contribution in [2.45, 2.75) is 37.5 Å². The molecule has 2 unspecified atom stereocenters. The van der Waals surface area contributed by atoms with Crippen LogP contribution < -0.4 is 0 Å². The molecule has 0 bridgehead atoms. The fraction of sp³-hybridized carbons (Fsp3) is 0.300. The van der Waals surface area contributed by atoms with Gasteiger partial charge in [0.2, 0.25) is 0 Å². The second kappa shape index (κ2) is 4.94. The third kappa shape index (κ3) is 1.83. The van der Waals surface area contributed by atoms with Gasteiger partial charge >= 0.3 is 0 Å². The topological polar surface area (TPSA) is 0 Å². The standard InChI is InChI=1S/C20H20/c1-3-9-15-10-4-2-6-14-19-17-12-8-7-11-16(17)18(13-5-1)20(15)19/h1-6,9-10,13-14,16-17H,7-8,11-12H2. The quantitative estimate of drug-likeness (QED) is 0.572. The molecule has 0 amide bonds. The fourth-order valence-corrected chi connectivity index (χ4v) is 4.15. The molecule has 100 valence electrons. The third-order valence-corrected chi connectivity index (χ3v) is 4.98. The molecule has 0 radical (unpaired) electrons. The number of hydrogen-bond acceptors (Lipinski definition) is 0. The lowest BCUT2D eigenvalue weighted by molar-refractivity contribution is 0.400. The van der Waals surface area contributed by atoms with E-state index in [9.17, 15) is 0 Å². The average Bonchev–Trinajstić information content (AvgIpc) is 2.72. The molecule has 0 heteroatoms. The smallest absolute Gasteiger partial charge is 0.00866 e. The van der Waals surface area contributed by atoms with E-state index in [0.29, 0.717) is 0 Å². The Bertz CT molecular complexity index is 600. The van der Waals surface area contributed by atoms with E-state index in [1.165, 1.54) is 36.8 Å². The van der Waals surface area contributed by atoms with Gasteiger partial charge in [-0.15, -0.1) is 0 Å². The molecule has 4 aliphatic carbocycles. The highest BCUT2D eigenvalue weighted by molar-refractivity contribution is 5.75. The highest BCUT2D eigenvalue weighted by atomic mass is 14.4. The maximum atomic E-state index is 2.36. The van der Waals surface area contributed by atoms with E-state index >= 15 is 0 Å². The summed E-state index contributed by atoms with van der Waals surface area (Å²) >= 11 is 0. The maximum Gasteiger partial charge on any atom is -0.00866 e. The Morgan fingerprint density at radius 3 is 1.65 bits per heavy atom. The molecule has 2 atom stereocenters. The van der Waals surface area contributed by atoms with Gasteiger partial charge in [-0.25, -0.2) is 0 Å². The summed E-state index contributed by atoms with van der Waals surface area (Å²) in [6, 6.07) is 22.3. The van der Waals surface area contributed by atoms with Crippen molar-refractivity contribution >= 4 is 0 Å². The second-order valence-electron chi connectivity index (χ2n) is 6.06. The van der Waals surface area contributed by atoms with Gasteiger partial charge in [-0.1, -0.05) is 73.5 Å². The minimum absolute atomic E-state index is 0.746. The van der Waals surface area contributed by atoms with Gasteiger partial charge in [0.15, 0.2) is 0 Å². The van der Waals surface area contributed by atoms with Crippen molar-refractivity contribution in [2.24, 2.45) is 0 Å². The molecule has 1 saturated carbocycles. The zero-order valence-corrected chi connectivity index (χ0v) is 11.8. The summed E-state index contributed by atoms with van der Waals surface area (Å²) in [4.78, 5) is 0. The molecule has 4 aliphatic rings. The van der Waals surface area contributed by atoms with Crippen LogP contribution in [0.4, 0.5) is 0 Å². The highest BCUT2D eigenvalue weighted by Gasteiger charge is 2.36. The van der Waals surface area contributed by atoms with E-state index in [1.54, 1.807) is 11.1 Å². The van der Waals surface area contributed by atoms with E-state index in [1.807, 2.05) is 0 Å². The molecule has 20 heavy (non-hydrogen) atoms. The van der Waals surface area contributed by atoms with Crippen LogP contribution in [0.2, 0.25) is 0 Å². The molecule has 4 rings (SSSR count). The third-order valence-electron chi connectivity index (χ3n) is 4.98. The largest absolute Gasteiger partial charge is 0.0622 e. The zero-order valence-electron chi connectivity index (χ0n) is 11.8. The Kier molecular flexibility index (Phi) is 2.95. The number of hydrogen-bond donors (Lipinski definition) is 0. The molecular weight excluding hydrogens is 240 g/mol. The van der Waals surface area contributed by atoms with Crippen molar-refractivity contribution in [3.05, 3.63) is 71.8 Å². The van der Waals surface area contributed by atoms with Crippen molar-refractivity contribution in [2.75, 3.05) is 0 Å². The fourth-order valence-electron chi connectivity index (χ4n) is 4.15. The summed E-state index contributed by atoms with van der Waals surface area (Å²) in [5.74, 6) is 1.49. The summed E-state index contributed by atoms with van der Waals surface area (Å²) in [5, 5.41) is 0. The predicted octanol–water partition coefficient (Wildman–Crippen LogP) is 5.67. The number of rotatable bonds is 0. The van der Waals surface area contributed by atoms with E-state index in [-0.39, 0.29) is 0 Å². The van der Waals surface area contributed by atoms with Gasteiger partial charge in [0.05, 0.1) is 0 Å². The molecule has 0 aromatic rings. The molecule has 0 aliphatic heterocycles. The van der Waals surface area contributed by atoms with Crippen molar-refractivity contribution in [1.29, 1.82) is 0 Å². The Morgan fingerprint density at radius 1 is 0.600 bits per heavy atom. The highest BCUT2D eigenvalue weighted by Crippen LogP contribution is 2.54. The van der Waals surface area contributed by atoms with Crippen LogP contribution in [0, 0.1) is 0 Å². The van der Waals surface area contributed by atoms with Crippen LogP contribution in [0.1, 0.15) is 48.6 Å². The van der Waals surface area contributed by atoms with Crippen LogP contribution in [0.3, 0.4) is 0 Å². The molecule has 0 heterocycles. The molecular formula is C20H20. The maximum absolute atomic E-state index is 2.36. The van der Waals surface area contributed by atoms with E-state index in [4.69, 9.17) is 0 Å². The molecule has 0 N–H and O–H groups in total. The molecule has 1 fully saturated rings. The van der Waals surface area contributed by atoms with Gasteiger partial charge in [-0.2, -0.15) is 0 Å². The van der Waals surface area contributed by atoms with E-state index in [2.05, 4.69) is 60.7 Å². The summed E-state index contributed by atoms with van der Waals surface area (Å²) in [7, 11) is 0. The lowest BCUT2D eigenvalue weighted by Gasteiger charge is -2.26. The van der Waals surface area contributed by atoms with Gasteiger partial charge in [0.25, 0.3) is 0 Å². The first-order valence-corrected chi connectivity index (χ1v) is 7.80. The predicted molar refractivity (Wildman–Crippen MR) is 84.6 cm³/mol. The molecule has 0 aromatic carbocycles. The molecule has 0 spiro atoms. The van der Waals surface area contributed by atoms with Crippen LogP contribution in [-0.4, -0.2) is 0 Å². The first-order chi connectivity index (χ1) is 9.95. The first kappa shape index (κ1) is 12.0. The average molecular weight is 260 g/mol. The van der Waals surface area contributed by atoms with Crippen molar-refractivity contribution in [1.82, 2.24) is 0 Å². The number of fused-ring (bicyclic) bond motifs is 3. The minimum Gasteiger partial charge on any atom is -0.0622 e. The lowest BCUT2D eigenvalue weighted by Crippen LogP contribution is -2.10. The summed E-state index contributed by atoms with van der Waals surface area (Å²) in [6.07, 6.45) is 5.49. The summed E-state index contributed by atoms with van der Waals surface area (Å²) in [6.45, 7) is 0. The van der Waals surface area contributed by atoms with E-state index in [0.717, 1.165) is 11.8 Å². The minimum atomic E-state index is 0.746. The van der Waals surface area contributed by atoms with Crippen molar-refractivity contribution in [3.8, 4) is 11.1 Å². The van der Waals surface area contributed by atoms with Gasteiger partial charge in [-0.3, -0.25) is 0 Å². The molecule has 0 aromatic heterocycles. The van der Waals surface area contributed by atoms with Gasteiger partial charge in [-0.05, 0) is 46.9 Å². The Hall–Kier alpha value is -1.82. The molecule has 0 saturated heterocycles. The first-order valence-electron chi connectivity index (χ1n) is 7.80. The van der Waals surface area contributed by atoms with Crippen LogP contribution in [-0.2, 0) is 0 Å². The van der Waals surface area contributed by atoms with Crippen molar-refractivity contribution < 1.29 is 0 Å². The monoisotopic (exact) mass is 260 g/mol. The second-order valence-corrected chi connectivity index (χ2v) is 6.06. The van der Waals surface area contributed by atoms with Gasteiger partial charge in [0, 0.05) is 0 Å². The van der Waals surface area contributed by atoms with Crippen LogP contribution in [0.5, 0.6) is 0 Å². The van der Waals surface area contributed by atoms with Crippen LogP contribution in [0.25, 0.3) is 11.1 Å². The van der Waals surface area contributed by atoms with Crippen LogP contribution in [0.15, 0.2) is 60.7 Å². The van der Waals surface area contributed by atoms with E-state index < -0.39 is 0 Å². The van der Waals surface area contributed by atoms with Gasteiger partial charge in [0.1, 0.15) is 0 Å². The van der Waals surface area contributed by atoms with Crippen LogP contribution >= 0.6 is 0 Å². The normalized spacial score (nSPS) is 23.2. The Labute approximate surface area is 121 Å². The molecule has 0 nitrogen and oxygen atoms in total. The summed E-state index contributed by atoms with van der Waals surface area (Å²) < 4.78 is 0.